The van der Waals surface area contributed by atoms with Gasteiger partial charge in [0.2, 0.25) is 0 Å². The average molecular weight is 371 g/mol. The standard InChI is InChI=1S/C18H23ClN2O2.ClH/c1-12-14-4-3-5-15(19)17(14)23-16(12)18(22)21-10-7-13(8-11-21)6-9-20-2;/h3-5,13,20H,6-11H2,1-2H3;1H. The fourth-order valence-electron chi connectivity index (χ4n) is 3.33. The molecule has 2 aromatic rings. The highest BCUT2D eigenvalue weighted by atomic mass is 35.5. The predicted molar refractivity (Wildman–Crippen MR) is 100 cm³/mol. The minimum atomic E-state index is -0.0122. The number of piperidine rings is 1. The number of hydrogen-bond donors (Lipinski definition) is 1. The first-order valence-electron chi connectivity index (χ1n) is 8.23. The normalized spacial score (nSPS) is 15.5. The van der Waals surface area contributed by atoms with E-state index in [0.717, 1.165) is 43.4 Å². The van der Waals surface area contributed by atoms with Crippen LogP contribution >= 0.6 is 24.0 Å². The quantitative estimate of drug-likeness (QED) is 0.873. The number of furan rings is 1. The zero-order chi connectivity index (χ0) is 16.4. The van der Waals surface area contributed by atoms with E-state index in [1.165, 1.54) is 6.42 Å². The molecule has 132 valence electrons. The van der Waals surface area contributed by atoms with Crippen LogP contribution in [0.5, 0.6) is 0 Å². The van der Waals surface area contributed by atoms with Crippen molar-refractivity contribution in [3.05, 3.63) is 34.5 Å². The minimum absolute atomic E-state index is 0. The van der Waals surface area contributed by atoms with Gasteiger partial charge in [0.15, 0.2) is 11.3 Å². The summed E-state index contributed by atoms with van der Waals surface area (Å²) in [5.41, 5.74) is 1.49. The molecule has 1 amide bonds. The van der Waals surface area contributed by atoms with Crippen LogP contribution in [0.25, 0.3) is 11.0 Å². The van der Waals surface area contributed by atoms with E-state index in [1.54, 1.807) is 6.07 Å². The molecule has 0 bridgehead atoms. The molecule has 4 nitrogen and oxygen atoms in total. The topological polar surface area (TPSA) is 45.5 Å². The first-order valence-corrected chi connectivity index (χ1v) is 8.61. The number of amides is 1. The van der Waals surface area contributed by atoms with Crippen molar-refractivity contribution in [3.63, 3.8) is 0 Å². The van der Waals surface area contributed by atoms with Crippen molar-refractivity contribution in [1.82, 2.24) is 10.2 Å². The smallest absolute Gasteiger partial charge is 0.289 e. The molecule has 1 fully saturated rings. The fraction of sp³-hybridized carbons (Fsp3) is 0.500. The Bertz CT molecular complexity index is 706. The van der Waals surface area contributed by atoms with Gasteiger partial charge in [-0.05, 0) is 51.8 Å². The lowest BCUT2D eigenvalue weighted by atomic mass is 9.93. The number of hydrogen-bond acceptors (Lipinski definition) is 3. The Morgan fingerprint density at radius 3 is 2.71 bits per heavy atom. The first-order chi connectivity index (χ1) is 11.1. The van der Waals surface area contributed by atoms with Crippen molar-refractivity contribution in [1.29, 1.82) is 0 Å². The van der Waals surface area contributed by atoms with Crippen LogP contribution in [0.1, 0.15) is 35.4 Å². The van der Waals surface area contributed by atoms with Crippen molar-refractivity contribution in [2.75, 3.05) is 26.7 Å². The maximum absolute atomic E-state index is 12.8. The largest absolute Gasteiger partial charge is 0.449 e. The van der Waals surface area contributed by atoms with Crippen molar-refractivity contribution < 1.29 is 9.21 Å². The Morgan fingerprint density at radius 1 is 1.38 bits per heavy atom. The van der Waals surface area contributed by atoms with E-state index in [4.69, 9.17) is 16.0 Å². The van der Waals surface area contributed by atoms with E-state index in [0.29, 0.717) is 22.3 Å². The molecule has 0 radical (unpaired) electrons. The summed E-state index contributed by atoms with van der Waals surface area (Å²) in [6.07, 6.45) is 3.30. The number of fused-ring (bicyclic) bond motifs is 1. The molecule has 2 heterocycles. The molecule has 1 aliphatic rings. The molecule has 0 aliphatic carbocycles. The van der Waals surface area contributed by atoms with Gasteiger partial charge in [0.05, 0.1) is 5.02 Å². The number of nitrogens with one attached hydrogen (secondary N) is 1. The number of nitrogens with zero attached hydrogens (tertiary/aromatic N) is 1. The van der Waals surface area contributed by atoms with Gasteiger partial charge in [-0.2, -0.15) is 0 Å². The van der Waals surface area contributed by atoms with Crippen LogP contribution in [-0.2, 0) is 0 Å². The van der Waals surface area contributed by atoms with Gasteiger partial charge < -0.3 is 14.6 Å². The molecule has 0 spiro atoms. The Kier molecular flexibility index (Phi) is 6.55. The first kappa shape index (κ1) is 19.1. The van der Waals surface area contributed by atoms with Gasteiger partial charge in [-0.1, -0.05) is 23.7 Å². The number of halogens is 2. The highest BCUT2D eigenvalue weighted by Crippen LogP contribution is 2.32. The van der Waals surface area contributed by atoms with Gasteiger partial charge in [0, 0.05) is 24.0 Å². The number of para-hydroxylation sites is 1. The molecule has 0 atom stereocenters. The number of carbonyl (C=O) groups excluding carboxylic acids is 1. The molecular weight excluding hydrogens is 347 g/mol. The monoisotopic (exact) mass is 370 g/mol. The van der Waals surface area contributed by atoms with Crippen LogP contribution < -0.4 is 5.32 Å². The molecule has 1 N–H and O–H groups in total. The van der Waals surface area contributed by atoms with Crippen LogP contribution in [0.15, 0.2) is 22.6 Å². The third kappa shape index (κ3) is 3.71. The van der Waals surface area contributed by atoms with E-state index < -0.39 is 0 Å². The third-order valence-corrected chi connectivity index (χ3v) is 5.11. The van der Waals surface area contributed by atoms with Crippen molar-refractivity contribution in [3.8, 4) is 0 Å². The molecule has 24 heavy (non-hydrogen) atoms. The second kappa shape index (κ2) is 8.24. The zero-order valence-electron chi connectivity index (χ0n) is 14.1. The fourth-order valence-corrected chi connectivity index (χ4v) is 3.54. The lowest BCUT2D eigenvalue weighted by Gasteiger charge is -2.31. The van der Waals surface area contributed by atoms with Crippen LogP contribution in [0.4, 0.5) is 0 Å². The van der Waals surface area contributed by atoms with Gasteiger partial charge in [0.1, 0.15) is 0 Å². The summed E-state index contributed by atoms with van der Waals surface area (Å²) in [6.45, 7) is 4.57. The molecule has 6 heteroatoms. The number of benzene rings is 1. The molecule has 1 aromatic carbocycles. The van der Waals surface area contributed by atoms with Crippen molar-refractivity contribution in [2.24, 2.45) is 5.92 Å². The number of likely N-dealkylation sites (tertiary alicyclic amines) is 1. The maximum atomic E-state index is 12.8. The van der Waals surface area contributed by atoms with Gasteiger partial charge >= 0.3 is 0 Å². The second-order valence-corrected chi connectivity index (χ2v) is 6.71. The van der Waals surface area contributed by atoms with E-state index >= 15 is 0 Å². The van der Waals surface area contributed by atoms with Crippen LogP contribution in [0.2, 0.25) is 5.02 Å². The Hall–Kier alpha value is -1.23. The molecule has 0 unspecified atom stereocenters. The molecular formula is C18H24Cl2N2O2. The van der Waals surface area contributed by atoms with Crippen LogP contribution in [0, 0.1) is 12.8 Å². The summed E-state index contributed by atoms with van der Waals surface area (Å²) in [6, 6.07) is 5.61. The van der Waals surface area contributed by atoms with Crippen molar-refractivity contribution >= 4 is 40.9 Å². The van der Waals surface area contributed by atoms with Gasteiger partial charge in [-0.25, -0.2) is 0 Å². The highest BCUT2D eigenvalue weighted by molar-refractivity contribution is 6.35. The Balaban J connectivity index is 0.00000208. The minimum Gasteiger partial charge on any atom is -0.449 e. The second-order valence-electron chi connectivity index (χ2n) is 6.30. The Labute approximate surface area is 153 Å². The van der Waals surface area contributed by atoms with Crippen molar-refractivity contribution in [2.45, 2.75) is 26.2 Å². The lowest BCUT2D eigenvalue weighted by Crippen LogP contribution is -2.39. The zero-order valence-corrected chi connectivity index (χ0v) is 15.7. The highest BCUT2D eigenvalue weighted by Gasteiger charge is 2.27. The number of carbonyl (C=O) groups is 1. The predicted octanol–water partition coefficient (Wildman–Crippen LogP) is 4.28. The number of aryl methyl sites for hydroxylation is 1. The molecule has 0 saturated carbocycles. The summed E-state index contributed by atoms with van der Waals surface area (Å²) in [5, 5.41) is 4.67. The van der Waals surface area contributed by atoms with E-state index in [2.05, 4.69) is 5.32 Å². The molecule has 3 rings (SSSR count). The summed E-state index contributed by atoms with van der Waals surface area (Å²) >= 11 is 6.18. The summed E-state index contributed by atoms with van der Waals surface area (Å²) in [7, 11) is 1.98. The third-order valence-electron chi connectivity index (χ3n) is 4.81. The number of rotatable bonds is 4. The summed E-state index contributed by atoms with van der Waals surface area (Å²) in [5.74, 6) is 1.13. The van der Waals surface area contributed by atoms with Gasteiger partial charge in [-0.15, -0.1) is 12.4 Å². The maximum Gasteiger partial charge on any atom is 0.289 e. The van der Waals surface area contributed by atoms with E-state index in [1.807, 2.05) is 31.0 Å². The van der Waals surface area contributed by atoms with Gasteiger partial charge in [-0.3, -0.25) is 4.79 Å². The summed E-state index contributed by atoms with van der Waals surface area (Å²) in [4.78, 5) is 14.7. The molecule has 1 aromatic heterocycles. The summed E-state index contributed by atoms with van der Waals surface area (Å²) < 4.78 is 5.80. The van der Waals surface area contributed by atoms with E-state index in [9.17, 15) is 4.79 Å². The lowest BCUT2D eigenvalue weighted by molar-refractivity contribution is 0.0656. The SMILES string of the molecule is CNCCC1CCN(C(=O)c2oc3c(Cl)cccc3c2C)CC1.Cl. The van der Waals surface area contributed by atoms with Crippen LogP contribution in [0.3, 0.4) is 0 Å². The van der Waals surface area contributed by atoms with Gasteiger partial charge in [0.25, 0.3) is 5.91 Å². The van der Waals surface area contributed by atoms with Crippen LogP contribution in [-0.4, -0.2) is 37.5 Å². The average Bonchev–Trinajstić information content (AvgIpc) is 2.91. The Morgan fingerprint density at radius 2 is 2.08 bits per heavy atom. The van der Waals surface area contributed by atoms with E-state index in [-0.39, 0.29) is 18.3 Å². The molecule has 1 saturated heterocycles. The molecule has 1 aliphatic heterocycles.